The van der Waals surface area contributed by atoms with Crippen molar-refractivity contribution in [3.8, 4) is 11.1 Å². The van der Waals surface area contributed by atoms with Crippen LogP contribution in [0.4, 0.5) is 5.95 Å². The van der Waals surface area contributed by atoms with Crippen LogP contribution >= 0.6 is 11.6 Å². The number of nitrogens with zero attached hydrogens (tertiary/aromatic N) is 4. The van der Waals surface area contributed by atoms with Crippen LogP contribution in [0.1, 0.15) is 43.8 Å². The fourth-order valence-electron chi connectivity index (χ4n) is 4.28. The summed E-state index contributed by atoms with van der Waals surface area (Å²) in [5.74, 6) is 0.416. The van der Waals surface area contributed by atoms with E-state index in [0.29, 0.717) is 11.6 Å². The minimum atomic E-state index is -0.0804. The average molecular weight is 400 g/mol. The van der Waals surface area contributed by atoms with Crippen LogP contribution in [0.25, 0.3) is 11.1 Å². The van der Waals surface area contributed by atoms with Crippen molar-refractivity contribution in [1.82, 2.24) is 19.8 Å². The maximum atomic E-state index is 13.1. The second-order valence-electron chi connectivity index (χ2n) is 7.62. The van der Waals surface area contributed by atoms with Gasteiger partial charge in [-0.15, -0.1) is 0 Å². The van der Waals surface area contributed by atoms with Gasteiger partial charge in [-0.1, -0.05) is 23.7 Å². The summed E-state index contributed by atoms with van der Waals surface area (Å²) in [6.07, 6.45) is 7.08. The Labute approximate surface area is 170 Å². The van der Waals surface area contributed by atoms with E-state index in [-0.39, 0.29) is 17.9 Å². The van der Waals surface area contributed by atoms with Crippen LogP contribution in [0.5, 0.6) is 0 Å². The highest BCUT2D eigenvalue weighted by molar-refractivity contribution is 6.30. The Morgan fingerprint density at radius 1 is 1.18 bits per heavy atom. The molecule has 7 heteroatoms. The number of piperidine rings is 1. The molecule has 1 amide bonds. The quantitative estimate of drug-likeness (QED) is 0.851. The van der Waals surface area contributed by atoms with Gasteiger partial charge in [0, 0.05) is 23.3 Å². The molecule has 3 heterocycles. The predicted octanol–water partition coefficient (Wildman–Crippen LogP) is 3.53. The first-order chi connectivity index (χ1) is 13.6. The summed E-state index contributed by atoms with van der Waals surface area (Å²) in [7, 11) is 0. The number of likely N-dealkylation sites (tertiary alicyclic amines) is 2. The molecule has 0 aliphatic carbocycles. The molecule has 0 bridgehead atoms. The Morgan fingerprint density at radius 3 is 2.75 bits per heavy atom. The van der Waals surface area contributed by atoms with Gasteiger partial charge in [0.1, 0.15) is 0 Å². The van der Waals surface area contributed by atoms with E-state index >= 15 is 0 Å². The summed E-state index contributed by atoms with van der Waals surface area (Å²) in [4.78, 5) is 26.2. The lowest BCUT2D eigenvalue weighted by Crippen LogP contribution is -2.44. The monoisotopic (exact) mass is 399 g/mol. The van der Waals surface area contributed by atoms with Crippen LogP contribution in [0.2, 0.25) is 5.02 Å². The third kappa shape index (κ3) is 4.13. The largest absolute Gasteiger partial charge is 0.368 e. The van der Waals surface area contributed by atoms with Gasteiger partial charge in [0.15, 0.2) is 0 Å². The summed E-state index contributed by atoms with van der Waals surface area (Å²) in [6, 6.07) is 7.57. The molecule has 0 spiro atoms. The molecule has 28 heavy (non-hydrogen) atoms. The summed E-state index contributed by atoms with van der Waals surface area (Å²) in [6.45, 7) is 3.27. The van der Waals surface area contributed by atoms with Crippen LogP contribution in [-0.2, 0) is 4.79 Å². The minimum Gasteiger partial charge on any atom is -0.368 e. The minimum absolute atomic E-state index is 0.0804. The van der Waals surface area contributed by atoms with Crippen LogP contribution < -0.4 is 5.73 Å². The maximum Gasteiger partial charge on any atom is 0.237 e. The molecular weight excluding hydrogens is 374 g/mol. The van der Waals surface area contributed by atoms with Gasteiger partial charge in [-0.05, 0) is 62.9 Å². The summed E-state index contributed by atoms with van der Waals surface area (Å²) in [5.41, 5.74) is 8.59. The number of aromatic nitrogens is 2. The second kappa shape index (κ2) is 8.45. The van der Waals surface area contributed by atoms with Crippen molar-refractivity contribution in [2.45, 2.75) is 38.1 Å². The molecule has 0 unspecified atom stereocenters. The molecule has 2 aliphatic heterocycles. The van der Waals surface area contributed by atoms with Crippen molar-refractivity contribution in [3.05, 3.63) is 41.2 Å². The molecule has 1 aromatic carbocycles. The van der Waals surface area contributed by atoms with Gasteiger partial charge < -0.3 is 10.6 Å². The Bertz CT molecular complexity index is 852. The Morgan fingerprint density at radius 2 is 1.96 bits per heavy atom. The van der Waals surface area contributed by atoms with Crippen LogP contribution in [0, 0.1) is 0 Å². The molecule has 0 radical (unpaired) electrons. The molecule has 4 rings (SSSR count). The SMILES string of the molecule is Nc1ncc(-c2cccc(Cl)c2)c([C@H]2CCCCN2C(=O)CN2CCCC2)n1. The fourth-order valence-corrected chi connectivity index (χ4v) is 4.47. The highest BCUT2D eigenvalue weighted by Crippen LogP contribution is 2.36. The molecule has 2 N–H and O–H groups in total. The van der Waals surface area contributed by atoms with Crippen LogP contribution in [0.15, 0.2) is 30.5 Å². The van der Waals surface area contributed by atoms with Crippen molar-refractivity contribution in [2.75, 3.05) is 31.9 Å². The third-order valence-corrected chi connectivity index (χ3v) is 5.90. The molecule has 2 saturated heterocycles. The van der Waals surface area contributed by atoms with Crippen molar-refractivity contribution in [3.63, 3.8) is 0 Å². The molecule has 0 saturated carbocycles. The van der Waals surface area contributed by atoms with Gasteiger partial charge in [-0.25, -0.2) is 9.97 Å². The van der Waals surface area contributed by atoms with Crippen LogP contribution in [-0.4, -0.2) is 51.9 Å². The van der Waals surface area contributed by atoms with E-state index in [0.717, 1.165) is 55.7 Å². The number of benzene rings is 1. The number of carbonyl (C=O) groups excluding carboxylic acids is 1. The van der Waals surface area contributed by atoms with Gasteiger partial charge >= 0.3 is 0 Å². The summed E-state index contributed by atoms with van der Waals surface area (Å²) < 4.78 is 0. The first kappa shape index (κ1) is 19.2. The van der Waals surface area contributed by atoms with Gasteiger partial charge in [-0.2, -0.15) is 0 Å². The van der Waals surface area contributed by atoms with Crippen molar-refractivity contribution >= 4 is 23.5 Å². The standard InChI is InChI=1S/C21H26ClN5O/c22-16-7-5-6-15(12-16)17-13-24-21(23)25-20(17)18-8-1-2-11-27(18)19(28)14-26-9-3-4-10-26/h5-7,12-13,18H,1-4,8-11,14H2,(H2,23,24,25)/t18-/m1/s1. The molecular formula is C21H26ClN5O. The number of nitrogens with two attached hydrogens (primary N) is 1. The van der Waals surface area contributed by atoms with E-state index in [1.54, 1.807) is 6.20 Å². The molecule has 2 aliphatic rings. The smallest absolute Gasteiger partial charge is 0.237 e. The number of carbonyl (C=O) groups is 1. The van der Waals surface area contributed by atoms with Gasteiger partial charge in [-0.3, -0.25) is 9.69 Å². The van der Waals surface area contributed by atoms with E-state index in [2.05, 4.69) is 14.9 Å². The van der Waals surface area contributed by atoms with E-state index in [1.165, 1.54) is 12.8 Å². The summed E-state index contributed by atoms with van der Waals surface area (Å²) in [5, 5.41) is 0.658. The average Bonchev–Trinajstić information content (AvgIpc) is 3.21. The zero-order chi connectivity index (χ0) is 19.5. The Kier molecular flexibility index (Phi) is 5.78. The highest BCUT2D eigenvalue weighted by Gasteiger charge is 2.32. The number of amides is 1. The number of hydrogen-bond acceptors (Lipinski definition) is 5. The van der Waals surface area contributed by atoms with Gasteiger partial charge in [0.05, 0.1) is 18.3 Å². The highest BCUT2D eigenvalue weighted by atomic mass is 35.5. The predicted molar refractivity (Wildman–Crippen MR) is 111 cm³/mol. The maximum absolute atomic E-state index is 13.1. The molecule has 148 valence electrons. The molecule has 1 atom stereocenters. The first-order valence-corrected chi connectivity index (χ1v) is 10.4. The van der Waals surface area contributed by atoms with E-state index in [4.69, 9.17) is 17.3 Å². The third-order valence-electron chi connectivity index (χ3n) is 5.67. The second-order valence-corrected chi connectivity index (χ2v) is 8.06. The van der Waals surface area contributed by atoms with Crippen molar-refractivity contribution in [2.24, 2.45) is 0 Å². The zero-order valence-electron chi connectivity index (χ0n) is 16.0. The van der Waals surface area contributed by atoms with E-state index in [9.17, 15) is 4.79 Å². The van der Waals surface area contributed by atoms with Crippen LogP contribution in [0.3, 0.4) is 0 Å². The fraction of sp³-hybridized carbons (Fsp3) is 0.476. The van der Waals surface area contributed by atoms with Crippen molar-refractivity contribution < 1.29 is 4.79 Å². The zero-order valence-corrected chi connectivity index (χ0v) is 16.7. The van der Waals surface area contributed by atoms with Gasteiger partial charge in [0.25, 0.3) is 0 Å². The van der Waals surface area contributed by atoms with E-state index in [1.807, 2.05) is 29.2 Å². The normalized spacial score (nSPS) is 20.5. The molecule has 2 fully saturated rings. The lowest BCUT2D eigenvalue weighted by Gasteiger charge is -2.37. The number of anilines is 1. The molecule has 1 aromatic heterocycles. The number of nitrogen functional groups attached to an aromatic ring is 1. The lowest BCUT2D eigenvalue weighted by atomic mass is 9.93. The molecule has 6 nitrogen and oxygen atoms in total. The van der Waals surface area contributed by atoms with E-state index < -0.39 is 0 Å². The van der Waals surface area contributed by atoms with Crippen molar-refractivity contribution in [1.29, 1.82) is 0 Å². The first-order valence-electron chi connectivity index (χ1n) is 10.0. The number of halogens is 1. The number of rotatable bonds is 4. The topological polar surface area (TPSA) is 75.3 Å². The lowest BCUT2D eigenvalue weighted by molar-refractivity contribution is -0.136. The Hall–Kier alpha value is -2.18. The summed E-state index contributed by atoms with van der Waals surface area (Å²) >= 11 is 6.20. The number of hydrogen-bond donors (Lipinski definition) is 1. The Balaban J connectivity index is 1.67. The van der Waals surface area contributed by atoms with Gasteiger partial charge in [0.2, 0.25) is 11.9 Å². The molecule has 2 aromatic rings.